The average molecular weight is 461 g/mol. The molecule has 0 aliphatic heterocycles. The summed E-state index contributed by atoms with van der Waals surface area (Å²) in [5, 5.41) is 11.1. The van der Waals surface area contributed by atoms with Gasteiger partial charge in [-0.3, -0.25) is 9.48 Å². The molecule has 0 radical (unpaired) electrons. The molecule has 1 saturated carbocycles. The third-order valence-electron chi connectivity index (χ3n) is 6.12. The van der Waals surface area contributed by atoms with Crippen molar-refractivity contribution in [1.29, 1.82) is 0 Å². The number of benzene rings is 1. The number of hydrogen-bond acceptors (Lipinski definition) is 8. The SMILES string of the molecule is C=C(N)/N=C\C(=C/N)c1ccc(C(C)(c2noc(-c3cnn(CC(=O)NC)c3)n2)C2CC2)cc1. The van der Waals surface area contributed by atoms with Crippen LogP contribution in [-0.2, 0) is 16.8 Å². The standard InChI is InChI=1S/C24H28N8O2/c1-15(26)28-11-17(10-25)16-4-6-19(7-5-16)24(2,20-8-9-20)23-30-22(34-31-23)18-12-29-32(13-18)14-21(33)27-3/h4-7,10-13,20H,1,8-9,14,25-26H2,2-3H3,(H,27,33)/b17-10+,28-11-. The van der Waals surface area contributed by atoms with Crippen LogP contribution in [0, 0.1) is 5.92 Å². The summed E-state index contributed by atoms with van der Waals surface area (Å²) in [6, 6.07) is 8.09. The van der Waals surface area contributed by atoms with E-state index in [1.54, 1.807) is 25.7 Å². The molecule has 2 heterocycles. The number of nitrogens with one attached hydrogen (secondary N) is 1. The summed E-state index contributed by atoms with van der Waals surface area (Å²) in [5.41, 5.74) is 14.3. The molecular weight excluding hydrogens is 432 g/mol. The molecule has 1 amide bonds. The Kier molecular flexibility index (Phi) is 6.31. The number of nitrogens with zero attached hydrogens (tertiary/aromatic N) is 5. The maximum Gasteiger partial charge on any atom is 0.261 e. The fourth-order valence-electron chi connectivity index (χ4n) is 3.92. The van der Waals surface area contributed by atoms with Crippen LogP contribution in [0.4, 0.5) is 0 Å². The Bertz CT molecular complexity index is 1250. The van der Waals surface area contributed by atoms with Crippen molar-refractivity contribution in [3.63, 3.8) is 0 Å². The van der Waals surface area contributed by atoms with Crippen molar-refractivity contribution in [2.24, 2.45) is 22.4 Å². The van der Waals surface area contributed by atoms with Crippen molar-refractivity contribution < 1.29 is 9.32 Å². The highest BCUT2D eigenvalue weighted by atomic mass is 16.5. The van der Waals surface area contributed by atoms with Crippen LogP contribution in [0.25, 0.3) is 17.0 Å². The second kappa shape index (κ2) is 9.34. The number of nitrogens with two attached hydrogens (primary N) is 2. The van der Waals surface area contributed by atoms with Crippen LogP contribution in [0.2, 0.25) is 0 Å². The first-order valence-electron chi connectivity index (χ1n) is 10.9. The zero-order chi connectivity index (χ0) is 24.3. The van der Waals surface area contributed by atoms with Gasteiger partial charge in [0.15, 0.2) is 5.82 Å². The van der Waals surface area contributed by atoms with Crippen LogP contribution in [0.3, 0.4) is 0 Å². The van der Waals surface area contributed by atoms with Gasteiger partial charge in [0.1, 0.15) is 12.4 Å². The van der Waals surface area contributed by atoms with Gasteiger partial charge in [-0.1, -0.05) is 36.0 Å². The maximum atomic E-state index is 11.6. The monoisotopic (exact) mass is 460 g/mol. The summed E-state index contributed by atoms with van der Waals surface area (Å²) in [6.07, 6.45) is 8.58. The first-order chi connectivity index (χ1) is 16.3. The van der Waals surface area contributed by atoms with Gasteiger partial charge in [0.25, 0.3) is 5.89 Å². The normalized spacial score (nSPS) is 15.9. The molecule has 10 heteroatoms. The van der Waals surface area contributed by atoms with Gasteiger partial charge in [-0.15, -0.1) is 0 Å². The number of allylic oxidation sites excluding steroid dienone is 1. The molecule has 3 aromatic rings. The molecule has 2 aromatic heterocycles. The van der Waals surface area contributed by atoms with E-state index in [1.165, 1.54) is 10.9 Å². The Balaban J connectivity index is 1.61. The summed E-state index contributed by atoms with van der Waals surface area (Å²) in [4.78, 5) is 20.4. The highest BCUT2D eigenvalue weighted by Crippen LogP contribution is 2.50. The highest BCUT2D eigenvalue weighted by molar-refractivity contribution is 6.09. The number of carbonyl (C=O) groups is 1. The van der Waals surface area contributed by atoms with Gasteiger partial charge in [-0.05, 0) is 36.8 Å². The molecule has 1 atom stereocenters. The quantitative estimate of drug-likeness (QED) is 0.414. The van der Waals surface area contributed by atoms with E-state index in [9.17, 15) is 4.79 Å². The lowest BCUT2D eigenvalue weighted by Gasteiger charge is -2.27. The summed E-state index contributed by atoms with van der Waals surface area (Å²) in [7, 11) is 1.58. The summed E-state index contributed by atoms with van der Waals surface area (Å²) >= 11 is 0. The highest BCUT2D eigenvalue weighted by Gasteiger charge is 2.47. The summed E-state index contributed by atoms with van der Waals surface area (Å²) < 4.78 is 7.13. The third-order valence-corrected chi connectivity index (χ3v) is 6.12. The van der Waals surface area contributed by atoms with Gasteiger partial charge in [-0.2, -0.15) is 10.1 Å². The van der Waals surface area contributed by atoms with Gasteiger partial charge in [0.2, 0.25) is 5.91 Å². The Morgan fingerprint density at radius 3 is 2.74 bits per heavy atom. The number of aromatic nitrogens is 4. The predicted molar refractivity (Wildman–Crippen MR) is 129 cm³/mol. The smallest absolute Gasteiger partial charge is 0.261 e. The molecule has 176 valence electrons. The van der Waals surface area contributed by atoms with E-state index in [0.717, 1.165) is 29.5 Å². The molecule has 0 saturated heterocycles. The van der Waals surface area contributed by atoms with Crippen LogP contribution < -0.4 is 16.8 Å². The van der Waals surface area contributed by atoms with Crippen molar-refractivity contribution in [3.8, 4) is 11.5 Å². The minimum atomic E-state index is -0.412. The van der Waals surface area contributed by atoms with Crippen molar-refractivity contribution >= 4 is 17.7 Å². The van der Waals surface area contributed by atoms with E-state index >= 15 is 0 Å². The second-order valence-electron chi connectivity index (χ2n) is 8.45. The Hall–Kier alpha value is -4.21. The van der Waals surface area contributed by atoms with Crippen LogP contribution in [0.1, 0.15) is 36.7 Å². The maximum absolute atomic E-state index is 11.6. The van der Waals surface area contributed by atoms with Crippen LogP contribution in [-0.4, -0.2) is 39.1 Å². The lowest BCUT2D eigenvalue weighted by atomic mass is 9.76. The lowest BCUT2D eigenvalue weighted by Crippen LogP contribution is -2.28. The van der Waals surface area contributed by atoms with Gasteiger partial charge in [0.05, 0.1) is 17.2 Å². The Labute approximate surface area is 197 Å². The van der Waals surface area contributed by atoms with Gasteiger partial charge in [-0.25, -0.2) is 4.99 Å². The molecule has 4 rings (SSSR count). The van der Waals surface area contributed by atoms with Gasteiger partial charge < -0.3 is 21.3 Å². The minimum absolute atomic E-state index is 0.118. The number of aliphatic imine (C=N–C) groups is 1. The molecule has 34 heavy (non-hydrogen) atoms. The van der Waals surface area contributed by atoms with E-state index < -0.39 is 5.41 Å². The van der Waals surface area contributed by atoms with E-state index in [-0.39, 0.29) is 18.3 Å². The van der Waals surface area contributed by atoms with Crippen molar-refractivity contribution in [3.05, 3.63) is 72.2 Å². The Morgan fingerprint density at radius 2 is 2.12 bits per heavy atom. The number of amides is 1. The zero-order valence-corrected chi connectivity index (χ0v) is 19.2. The number of rotatable bonds is 9. The van der Waals surface area contributed by atoms with Gasteiger partial charge in [0, 0.05) is 31.2 Å². The molecule has 1 unspecified atom stereocenters. The average Bonchev–Trinajstić information content (AvgIpc) is 3.39. The van der Waals surface area contributed by atoms with E-state index in [2.05, 4.69) is 46.2 Å². The fraction of sp³-hybridized carbons (Fsp3) is 0.292. The summed E-state index contributed by atoms with van der Waals surface area (Å²) in [5.74, 6) is 1.47. The number of hydrogen-bond donors (Lipinski definition) is 3. The topological polar surface area (TPSA) is 150 Å². The molecule has 0 spiro atoms. The van der Waals surface area contributed by atoms with Crippen LogP contribution >= 0.6 is 0 Å². The lowest BCUT2D eigenvalue weighted by molar-refractivity contribution is -0.121. The first kappa shape index (κ1) is 23.0. The van der Waals surface area contributed by atoms with Crippen LogP contribution in [0.15, 0.2) is 64.8 Å². The summed E-state index contributed by atoms with van der Waals surface area (Å²) in [6.45, 7) is 5.83. The molecule has 5 N–H and O–H groups in total. The van der Waals surface area contributed by atoms with Gasteiger partial charge >= 0.3 is 0 Å². The van der Waals surface area contributed by atoms with Crippen molar-refractivity contribution in [2.75, 3.05) is 7.05 Å². The molecule has 1 aromatic carbocycles. The third kappa shape index (κ3) is 4.61. The molecule has 10 nitrogen and oxygen atoms in total. The van der Waals surface area contributed by atoms with Crippen LogP contribution in [0.5, 0.6) is 0 Å². The molecule has 0 bridgehead atoms. The molecule has 1 aliphatic carbocycles. The van der Waals surface area contributed by atoms with E-state index in [1.807, 2.05) is 12.1 Å². The molecule has 1 aliphatic rings. The van der Waals surface area contributed by atoms with E-state index in [4.69, 9.17) is 21.0 Å². The zero-order valence-electron chi connectivity index (χ0n) is 19.2. The molecule has 1 fully saturated rings. The fourth-order valence-corrected chi connectivity index (χ4v) is 3.92. The minimum Gasteiger partial charge on any atom is -0.404 e. The molecular formula is C24H28N8O2. The Morgan fingerprint density at radius 1 is 1.38 bits per heavy atom. The second-order valence-corrected chi connectivity index (χ2v) is 8.45. The number of likely N-dealkylation sites (N-methyl/N-ethyl adjacent to an activating group) is 1. The van der Waals surface area contributed by atoms with Crippen molar-refractivity contribution in [2.45, 2.75) is 31.7 Å². The largest absolute Gasteiger partial charge is 0.404 e. The van der Waals surface area contributed by atoms with E-state index in [0.29, 0.717) is 23.2 Å². The van der Waals surface area contributed by atoms with Crippen molar-refractivity contribution in [1.82, 2.24) is 25.2 Å². The number of carbonyl (C=O) groups excluding carboxylic acids is 1. The predicted octanol–water partition coefficient (Wildman–Crippen LogP) is 2.20. The first-order valence-corrected chi connectivity index (χ1v) is 10.9.